The Bertz CT molecular complexity index is 1740. The number of carbonyl (C=O) groups is 1. The van der Waals surface area contributed by atoms with Crippen molar-refractivity contribution < 1.29 is 4.79 Å². The maximum atomic E-state index is 13.6. The first kappa shape index (κ1) is 28.5. The number of hydrogen-bond acceptors (Lipinski definition) is 7. The minimum atomic E-state index is -0.618. The van der Waals surface area contributed by atoms with Crippen molar-refractivity contribution in [3.8, 4) is 6.07 Å². The number of amides is 1. The number of hydrogen-bond donors (Lipinski definition) is 1. The second kappa shape index (κ2) is 11.9. The SMILES string of the molecule is CC1=NC(SCCn2c(C(C)(C)C)nc3ccccc3c2=O)=C(C#N)[C@@H](c2cccs2)[C@@H]1C(=O)Nc1ccccc1. The molecule has 1 amide bonds. The van der Waals surface area contributed by atoms with Crippen molar-refractivity contribution in [2.75, 3.05) is 11.1 Å². The van der Waals surface area contributed by atoms with E-state index >= 15 is 0 Å². The molecule has 5 rings (SSSR count). The summed E-state index contributed by atoms with van der Waals surface area (Å²) in [5.41, 5.74) is 2.09. The topological polar surface area (TPSA) is 100 Å². The Morgan fingerprint density at radius 3 is 2.51 bits per heavy atom. The molecule has 2 atom stereocenters. The highest BCUT2D eigenvalue weighted by atomic mass is 32.2. The fourth-order valence-corrected chi connectivity index (χ4v) is 6.97. The van der Waals surface area contributed by atoms with Gasteiger partial charge in [-0.15, -0.1) is 23.1 Å². The highest BCUT2D eigenvalue weighted by Gasteiger charge is 2.40. The number of allylic oxidation sites excluding steroid dienone is 1. The molecule has 1 N–H and O–H groups in total. The van der Waals surface area contributed by atoms with E-state index in [2.05, 4.69) is 11.4 Å². The molecule has 0 aliphatic carbocycles. The van der Waals surface area contributed by atoms with Crippen molar-refractivity contribution >= 4 is 51.3 Å². The monoisotopic (exact) mass is 581 g/mol. The van der Waals surface area contributed by atoms with Crippen molar-refractivity contribution in [1.82, 2.24) is 9.55 Å². The molecule has 2 aromatic heterocycles. The van der Waals surface area contributed by atoms with Gasteiger partial charge in [0.15, 0.2) is 0 Å². The zero-order valence-corrected chi connectivity index (χ0v) is 25.1. The molecule has 1 aliphatic heterocycles. The predicted molar refractivity (Wildman–Crippen MR) is 169 cm³/mol. The Labute approximate surface area is 247 Å². The van der Waals surface area contributed by atoms with Crippen LogP contribution in [0.4, 0.5) is 5.69 Å². The summed E-state index contributed by atoms with van der Waals surface area (Å²) in [5, 5.41) is 16.5. The van der Waals surface area contributed by atoms with Crippen molar-refractivity contribution in [1.29, 1.82) is 5.26 Å². The summed E-state index contributed by atoms with van der Waals surface area (Å²) in [6, 6.07) is 23.0. The van der Waals surface area contributed by atoms with E-state index in [1.165, 1.54) is 23.1 Å². The summed E-state index contributed by atoms with van der Waals surface area (Å²) in [7, 11) is 0. The molecule has 3 heterocycles. The molecule has 7 nitrogen and oxygen atoms in total. The van der Waals surface area contributed by atoms with Gasteiger partial charge in [-0.3, -0.25) is 14.2 Å². The second-order valence-electron chi connectivity index (χ2n) is 10.9. The molecular weight excluding hydrogens is 551 g/mol. The standard InChI is InChI=1S/C32H31N5O2S2/c1-20-26(28(38)35-21-11-6-5-7-12-21)27(25-15-10-17-40-25)23(19-33)29(34-20)41-18-16-37-30(39)22-13-8-9-14-24(22)36-31(37)32(2,3)4/h5-15,17,26-27H,16,18H2,1-4H3,(H,35,38)/t26-,27+/m1/s1. The number of thioether (sulfide) groups is 1. The van der Waals surface area contributed by atoms with E-state index in [4.69, 9.17) is 9.98 Å². The number of nitrogens with one attached hydrogen (secondary N) is 1. The van der Waals surface area contributed by atoms with Gasteiger partial charge in [-0.25, -0.2) is 9.98 Å². The number of aliphatic imine (C=N–C) groups is 1. The molecule has 208 valence electrons. The summed E-state index contributed by atoms with van der Waals surface area (Å²) in [6.07, 6.45) is 0. The number of thiophene rings is 1. The normalized spacial score (nSPS) is 17.3. The lowest BCUT2D eigenvalue weighted by Gasteiger charge is -2.30. The van der Waals surface area contributed by atoms with Gasteiger partial charge in [0, 0.05) is 39.9 Å². The van der Waals surface area contributed by atoms with E-state index in [0.29, 0.717) is 51.0 Å². The van der Waals surface area contributed by atoms with E-state index in [0.717, 1.165) is 4.88 Å². The van der Waals surface area contributed by atoms with E-state index < -0.39 is 11.8 Å². The Balaban J connectivity index is 1.46. The zero-order valence-electron chi connectivity index (χ0n) is 23.4. The number of nitrogens with zero attached hydrogens (tertiary/aromatic N) is 4. The van der Waals surface area contributed by atoms with Gasteiger partial charge in [0.1, 0.15) is 10.9 Å². The molecule has 0 radical (unpaired) electrons. The smallest absolute Gasteiger partial charge is 0.261 e. The summed E-state index contributed by atoms with van der Waals surface area (Å²) < 4.78 is 1.74. The third-order valence-corrected chi connectivity index (χ3v) is 8.91. The third-order valence-electron chi connectivity index (χ3n) is 6.98. The number of aromatic nitrogens is 2. The highest BCUT2D eigenvalue weighted by molar-refractivity contribution is 8.03. The predicted octanol–water partition coefficient (Wildman–Crippen LogP) is 6.74. The molecule has 1 aliphatic rings. The summed E-state index contributed by atoms with van der Waals surface area (Å²) >= 11 is 2.96. The van der Waals surface area contributed by atoms with E-state index in [-0.39, 0.29) is 16.9 Å². The maximum absolute atomic E-state index is 13.6. The van der Waals surface area contributed by atoms with Gasteiger partial charge in [0.05, 0.1) is 28.5 Å². The molecule has 9 heteroatoms. The van der Waals surface area contributed by atoms with Crippen molar-refractivity contribution in [3.63, 3.8) is 0 Å². The number of anilines is 1. The Morgan fingerprint density at radius 1 is 1.10 bits per heavy atom. The van der Waals surface area contributed by atoms with Crippen LogP contribution in [0.2, 0.25) is 0 Å². The highest BCUT2D eigenvalue weighted by Crippen LogP contribution is 2.43. The maximum Gasteiger partial charge on any atom is 0.261 e. The molecule has 0 spiro atoms. The first-order valence-corrected chi connectivity index (χ1v) is 15.3. The van der Waals surface area contributed by atoms with Crippen molar-refractivity contribution in [2.24, 2.45) is 10.9 Å². The second-order valence-corrected chi connectivity index (χ2v) is 13.0. The van der Waals surface area contributed by atoms with Gasteiger partial charge in [-0.1, -0.05) is 57.2 Å². The first-order valence-electron chi connectivity index (χ1n) is 13.4. The molecule has 0 bridgehead atoms. The number of rotatable bonds is 7. The number of para-hydroxylation sites is 2. The molecule has 0 fully saturated rings. The minimum Gasteiger partial charge on any atom is -0.325 e. The van der Waals surface area contributed by atoms with Crippen LogP contribution in [0, 0.1) is 17.2 Å². The lowest BCUT2D eigenvalue weighted by Crippen LogP contribution is -2.36. The lowest BCUT2D eigenvalue weighted by molar-refractivity contribution is -0.118. The van der Waals surface area contributed by atoms with Crippen LogP contribution in [-0.4, -0.2) is 26.9 Å². The van der Waals surface area contributed by atoms with E-state index in [9.17, 15) is 14.9 Å². The average molecular weight is 582 g/mol. The average Bonchev–Trinajstić information content (AvgIpc) is 3.48. The van der Waals surface area contributed by atoms with Crippen LogP contribution in [0.1, 0.15) is 44.3 Å². The van der Waals surface area contributed by atoms with Crippen LogP contribution >= 0.6 is 23.1 Å². The van der Waals surface area contributed by atoms with Crippen LogP contribution in [0.25, 0.3) is 10.9 Å². The molecule has 2 aromatic carbocycles. The van der Waals surface area contributed by atoms with Gasteiger partial charge in [0.25, 0.3) is 5.56 Å². The van der Waals surface area contributed by atoms with Crippen LogP contribution in [0.3, 0.4) is 0 Å². The molecule has 41 heavy (non-hydrogen) atoms. The number of benzene rings is 2. The summed E-state index contributed by atoms with van der Waals surface area (Å²) in [6.45, 7) is 8.39. The molecule has 4 aromatic rings. The van der Waals surface area contributed by atoms with Gasteiger partial charge < -0.3 is 5.32 Å². The van der Waals surface area contributed by atoms with Crippen molar-refractivity contribution in [3.05, 3.63) is 104 Å². The van der Waals surface area contributed by atoms with Gasteiger partial charge in [-0.05, 0) is 42.6 Å². The Hall–Kier alpha value is -4.00. The van der Waals surface area contributed by atoms with Gasteiger partial charge in [-0.2, -0.15) is 5.26 Å². The lowest BCUT2D eigenvalue weighted by atomic mass is 9.80. The summed E-state index contributed by atoms with van der Waals surface area (Å²) in [4.78, 5) is 37.6. The van der Waals surface area contributed by atoms with E-state index in [1.807, 2.05) is 93.7 Å². The van der Waals surface area contributed by atoms with E-state index in [1.54, 1.807) is 10.6 Å². The van der Waals surface area contributed by atoms with Crippen LogP contribution in [-0.2, 0) is 16.8 Å². The quantitative estimate of drug-likeness (QED) is 0.261. The van der Waals surface area contributed by atoms with Crippen LogP contribution in [0.5, 0.6) is 0 Å². The fraction of sp³-hybridized carbons (Fsp3) is 0.281. The number of carbonyl (C=O) groups excluding carboxylic acids is 1. The number of fused-ring (bicyclic) bond motifs is 1. The molecular formula is C32H31N5O2S2. The van der Waals surface area contributed by atoms with Crippen LogP contribution < -0.4 is 10.9 Å². The molecule has 0 saturated heterocycles. The third kappa shape index (κ3) is 5.90. The zero-order chi connectivity index (χ0) is 29.1. The Morgan fingerprint density at radius 2 is 1.83 bits per heavy atom. The van der Waals surface area contributed by atoms with Crippen LogP contribution in [0.15, 0.2) is 92.5 Å². The molecule has 0 unspecified atom stereocenters. The van der Waals surface area contributed by atoms with Crippen molar-refractivity contribution in [2.45, 2.75) is 45.6 Å². The van der Waals surface area contributed by atoms with Gasteiger partial charge >= 0.3 is 0 Å². The number of nitriles is 1. The minimum absolute atomic E-state index is 0.0759. The fourth-order valence-electron chi connectivity index (χ4n) is 5.10. The molecule has 0 saturated carbocycles. The first-order chi connectivity index (χ1) is 19.7. The Kier molecular flexibility index (Phi) is 8.25. The largest absolute Gasteiger partial charge is 0.325 e. The summed E-state index contributed by atoms with van der Waals surface area (Å²) in [5.74, 6) is -0.0326. The van der Waals surface area contributed by atoms with Gasteiger partial charge in [0.2, 0.25) is 5.91 Å².